The molecule has 194 valence electrons. The van der Waals surface area contributed by atoms with Gasteiger partial charge in [0.05, 0.1) is 0 Å². The van der Waals surface area contributed by atoms with Crippen molar-refractivity contribution < 1.29 is 0 Å². The van der Waals surface area contributed by atoms with Gasteiger partial charge in [0.1, 0.15) is 0 Å². The van der Waals surface area contributed by atoms with Crippen LogP contribution in [0.25, 0.3) is 91.6 Å². The molecule has 0 saturated carbocycles. The van der Waals surface area contributed by atoms with E-state index in [-0.39, 0.29) is 0 Å². The van der Waals surface area contributed by atoms with Gasteiger partial charge in [0.15, 0.2) is 0 Å². The Labute approximate surface area is 247 Å². The van der Waals surface area contributed by atoms with Crippen LogP contribution in [-0.2, 0) is 6.42 Å². The summed E-state index contributed by atoms with van der Waals surface area (Å²) in [5.41, 5.74) is 7.93. The van der Waals surface area contributed by atoms with Crippen LogP contribution in [0.1, 0.15) is 11.1 Å². The summed E-state index contributed by atoms with van der Waals surface area (Å²) < 4.78 is 2.68. The lowest BCUT2D eigenvalue weighted by molar-refractivity contribution is 1.29. The van der Waals surface area contributed by atoms with Gasteiger partial charge in [0, 0.05) is 20.2 Å². The van der Waals surface area contributed by atoms with Crippen LogP contribution in [0.5, 0.6) is 0 Å². The fraction of sp³-hybridized carbons (Fsp3) is 0.0244. The highest BCUT2D eigenvalue weighted by Crippen LogP contribution is 2.43. The molecule has 0 bridgehead atoms. The van der Waals surface area contributed by atoms with Crippen molar-refractivity contribution in [1.29, 1.82) is 0 Å². The molecule has 1 aliphatic carbocycles. The Kier molecular flexibility index (Phi) is 4.47. The van der Waals surface area contributed by atoms with E-state index in [1.54, 1.807) is 0 Å². The minimum absolute atomic E-state index is 1.01. The average Bonchev–Trinajstić information content (AvgIpc) is 3.41. The Morgan fingerprint density at radius 1 is 0.452 bits per heavy atom. The molecule has 0 spiro atoms. The quantitative estimate of drug-likeness (QED) is 0.188. The van der Waals surface area contributed by atoms with E-state index in [2.05, 4.69) is 133 Å². The van der Waals surface area contributed by atoms with Gasteiger partial charge in [0.25, 0.3) is 0 Å². The van der Waals surface area contributed by atoms with Crippen molar-refractivity contribution in [2.75, 3.05) is 0 Å². The number of allylic oxidation sites excluding steroid dienone is 1. The van der Waals surface area contributed by atoms with Crippen LogP contribution in [-0.4, -0.2) is 0 Å². The largest absolute Gasteiger partial charge is 0.135 e. The van der Waals surface area contributed by atoms with Crippen molar-refractivity contribution in [2.24, 2.45) is 0 Å². The average molecular weight is 549 g/mol. The minimum atomic E-state index is 1.01. The monoisotopic (exact) mass is 548 g/mol. The lowest BCUT2D eigenvalue weighted by Gasteiger charge is -2.16. The van der Waals surface area contributed by atoms with E-state index in [1.807, 2.05) is 11.3 Å². The summed E-state index contributed by atoms with van der Waals surface area (Å²) in [5, 5.41) is 13.4. The van der Waals surface area contributed by atoms with Gasteiger partial charge >= 0.3 is 0 Å². The molecule has 10 rings (SSSR count). The summed E-state index contributed by atoms with van der Waals surface area (Å²) in [6.07, 6.45) is 5.56. The van der Waals surface area contributed by atoms with Gasteiger partial charge in [-0.25, -0.2) is 0 Å². The Morgan fingerprint density at radius 2 is 1.07 bits per heavy atom. The molecule has 8 aromatic carbocycles. The van der Waals surface area contributed by atoms with Gasteiger partial charge in [-0.15, -0.1) is 11.3 Å². The van der Waals surface area contributed by atoms with Crippen LogP contribution in [0.2, 0.25) is 0 Å². The number of benzene rings is 8. The van der Waals surface area contributed by atoms with Crippen LogP contribution in [0, 0.1) is 0 Å². The number of fused-ring (bicyclic) bond motifs is 3. The van der Waals surface area contributed by atoms with Crippen molar-refractivity contribution in [3.8, 4) is 22.3 Å². The molecule has 0 saturated heterocycles. The smallest absolute Gasteiger partial charge is 0.0355 e. The third kappa shape index (κ3) is 3.06. The van der Waals surface area contributed by atoms with Crippen LogP contribution in [0.4, 0.5) is 0 Å². The molecule has 0 N–H and O–H groups in total. The first-order chi connectivity index (χ1) is 20.8. The van der Waals surface area contributed by atoms with Gasteiger partial charge in [-0.1, -0.05) is 109 Å². The first-order valence-electron chi connectivity index (χ1n) is 14.6. The third-order valence-corrected chi connectivity index (χ3v) is 10.6. The maximum Gasteiger partial charge on any atom is 0.0355 e. The van der Waals surface area contributed by atoms with Crippen molar-refractivity contribution in [3.05, 3.63) is 139 Å². The number of hydrogen-bond donors (Lipinski definition) is 0. The minimum Gasteiger partial charge on any atom is -0.135 e. The maximum atomic E-state index is 2.42. The predicted molar refractivity (Wildman–Crippen MR) is 184 cm³/mol. The Morgan fingerprint density at radius 3 is 1.83 bits per heavy atom. The maximum absolute atomic E-state index is 2.42. The first-order valence-corrected chi connectivity index (χ1v) is 15.5. The fourth-order valence-electron chi connectivity index (χ4n) is 7.48. The first kappa shape index (κ1) is 22.7. The number of thiophene rings is 1. The summed E-state index contributed by atoms with van der Waals surface area (Å²) in [6, 6.07) is 45.8. The molecular formula is C41H24S. The molecule has 1 heterocycles. The van der Waals surface area contributed by atoms with E-state index in [9.17, 15) is 0 Å². The molecule has 0 radical (unpaired) electrons. The van der Waals surface area contributed by atoms with E-state index in [1.165, 1.54) is 96.6 Å². The second-order valence-corrected chi connectivity index (χ2v) is 12.7. The van der Waals surface area contributed by atoms with E-state index in [4.69, 9.17) is 0 Å². The summed E-state index contributed by atoms with van der Waals surface area (Å²) in [6.45, 7) is 0. The Balaban J connectivity index is 1.19. The van der Waals surface area contributed by atoms with Crippen LogP contribution < -0.4 is 0 Å². The zero-order chi connectivity index (χ0) is 27.4. The van der Waals surface area contributed by atoms with E-state index >= 15 is 0 Å². The third-order valence-electron chi connectivity index (χ3n) is 9.41. The van der Waals surface area contributed by atoms with Crippen molar-refractivity contribution in [1.82, 2.24) is 0 Å². The molecule has 0 nitrogen and oxygen atoms in total. The van der Waals surface area contributed by atoms with Crippen LogP contribution >= 0.6 is 11.3 Å². The molecule has 0 amide bonds. The molecular weight excluding hydrogens is 525 g/mol. The fourth-order valence-corrected chi connectivity index (χ4v) is 8.55. The lowest BCUT2D eigenvalue weighted by Crippen LogP contribution is -1.94. The Bertz CT molecular complexity index is 2580. The second kappa shape index (κ2) is 8.28. The summed E-state index contributed by atoms with van der Waals surface area (Å²) in [4.78, 5) is 0. The van der Waals surface area contributed by atoms with Gasteiger partial charge in [-0.05, 0) is 107 Å². The molecule has 1 aromatic heterocycles. The van der Waals surface area contributed by atoms with E-state index in [0.717, 1.165) is 6.42 Å². The van der Waals surface area contributed by atoms with Crippen LogP contribution in [0.15, 0.2) is 127 Å². The molecule has 9 aromatic rings. The zero-order valence-corrected chi connectivity index (χ0v) is 23.6. The van der Waals surface area contributed by atoms with Gasteiger partial charge in [-0.3, -0.25) is 0 Å². The van der Waals surface area contributed by atoms with E-state index in [0.29, 0.717) is 0 Å². The standard InChI is InChI=1S/C41H24S/c1-4-24-8-3-9-33-31(17-12-25(5-1)39(24)33)29-15-20-37-35(22-29)36-23-30(16-21-38(36)42-37)32-18-13-28-11-10-26-6-2-7-27-14-19-34(32)41(28)40(26)27/h1-4,6-23H,5H2. The molecule has 0 aliphatic heterocycles. The predicted octanol–water partition coefficient (Wildman–Crippen LogP) is 12.0. The van der Waals surface area contributed by atoms with Gasteiger partial charge in [0.2, 0.25) is 0 Å². The molecule has 1 heteroatoms. The molecule has 0 atom stereocenters. The van der Waals surface area contributed by atoms with Crippen molar-refractivity contribution in [2.45, 2.75) is 6.42 Å². The number of rotatable bonds is 2. The highest BCUT2D eigenvalue weighted by Gasteiger charge is 2.16. The van der Waals surface area contributed by atoms with Gasteiger partial charge in [-0.2, -0.15) is 0 Å². The van der Waals surface area contributed by atoms with E-state index < -0.39 is 0 Å². The highest BCUT2D eigenvalue weighted by atomic mass is 32.1. The summed E-state index contributed by atoms with van der Waals surface area (Å²) in [7, 11) is 0. The SMILES string of the molecule is C1=Cc2cccc3c(-c4ccc5sc6ccc(-c7ccc8ccc9cccc%10ccc7c8c9%10)cc6c5c4)ccc(c23)C1. The summed E-state index contributed by atoms with van der Waals surface area (Å²) >= 11 is 1.89. The Hall–Kier alpha value is -4.98. The molecule has 42 heavy (non-hydrogen) atoms. The molecule has 0 fully saturated rings. The summed E-state index contributed by atoms with van der Waals surface area (Å²) in [5.74, 6) is 0. The van der Waals surface area contributed by atoms with Gasteiger partial charge < -0.3 is 0 Å². The topological polar surface area (TPSA) is 0 Å². The van der Waals surface area contributed by atoms with Crippen LogP contribution in [0.3, 0.4) is 0 Å². The van der Waals surface area contributed by atoms with Crippen molar-refractivity contribution >= 4 is 80.7 Å². The number of hydrogen-bond acceptors (Lipinski definition) is 1. The van der Waals surface area contributed by atoms with Crippen molar-refractivity contribution in [3.63, 3.8) is 0 Å². The zero-order valence-electron chi connectivity index (χ0n) is 22.8. The second-order valence-electron chi connectivity index (χ2n) is 11.6. The molecule has 1 aliphatic rings. The lowest BCUT2D eigenvalue weighted by atomic mass is 9.88. The molecule has 0 unspecified atom stereocenters. The normalized spacial score (nSPS) is 13.0. The highest BCUT2D eigenvalue weighted by molar-refractivity contribution is 7.25.